The molecule has 23 heavy (non-hydrogen) atoms. The molecule has 2 heterocycles. The van der Waals surface area contributed by atoms with Gasteiger partial charge in [0, 0.05) is 10.7 Å². The van der Waals surface area contributed by atoms with E-state index in [1.54, 1.807) is 30.3 Å². The van der Waals surface area contributed by atoms with E-state index in [9.17, 15) is 4.79 Å². The fraction of sp³-hybridized carbons (Fsp3) is 0.0625. The second kappa shape index (κ2) is 6.50. The van der Waals surface area contributed by atoms with Gasteiger partial charge in [0.1, 0.15) is 0 Å². The van der Waals surface area contributed by atoms with Crippen LogP contribution in [0.5, 0.6) is 0 Å². The van der Waals surface area contributed by atoms with Crippen LogP contribution in [0.3, 0.4) is 0 Å². The molecule has 3 rings (SSSR count). The van der Waals surface area contributed by atoms with E-state index in [1.807, 2.05) is 19.1 Å². The number of carbonyl (C=O) groups is 1. The van der Waals surface area contributed by atoms with Gasteiger partial charge in [-0.2, -0.15) is 0 Å². The van der Waals surface area contributed by atoms with Gasteiger partial charge in [0.05, 0.1) is 6.26 Å². The molecule has 0 spiro atoms. The topological polar surface area (TPSA) is 80.0 Å². The van der Waals surface area contributed by atoms with Gasteiger partial charge in [-0.15, -0.1) is 10.2 Å². The average Bonchev–Trinajstić information content (AvgIpc) is 3.06. The fourth-order valence-electron chi connectivity index (χ4n) is 1.96. The molecule has 2 aromatic heterocycles. The molecule has 7 heteroatoms. The molecule has 0 fully saturated rings. The van der Waals surface area contributed by atoms with E-state index in [-0.39, 0.29) is 11.7 Å². The molecule has 0 unspecified atom stereocenters. The van der Waals surface area contributed by atoms with Gasteiger partial charge in [-0.05, 0) is 55.0 Å². The van der Waals surface area contributed by atoms with Crippen molar-refractivity contribution in [1.82, 2.24) is 10.2 Å². The Morgan fingerprint density at radius 1 is 1.13 bits per heavy atom. The molecule has 116 valence electrons. The number of amides is 1. The number of carbonyl (C=O) groups excluding carboxylic acids is 1. The Labute approximate surface area is 137 Å². The number of rotatable bonds is 4. The number of nitrogens with one attached hydrogen (secondary N) is 2. The number of hydrogen-bond donors (Lipinski definition) is 2. The fourth-order valence-corrected chi connectivity index (χ4v) is 2.18. The number of furan rings is 1. The predicted molar refractivity (Wildman–Crippen MR) is 88.2 cm³/mol. The highest BCUT2D eigenvalue weighted by atomic mass is 35.5. The zero-order valence-corrected chi connectivity index (χ0v) is 13.0. The Hall–Kier alpha value is -2.86. The summed E-state index contributed by atoms with van der Waals surface area (Å²) in [4.78, 5) is 11.8. The van der Waals surface area contributed by atoms with Crippen molar-refractivity contribution in [3.05, 3.63) is 65.1 Å². The first kappa shape index (κ1) is 15.1. The van der Waals surface area contributed by atoms with Gasteiger partial charge < -0.3 is 15.1 Å². The summed E-state index contributed by atoms with van der Waals surface area (Å²) in [5, 5.41) is 14.4. The van der Waals surface area contributed by atoms with Gasteiger partial charge in [0.15, 0.2) is 17.4 Å². The molecule has 0 radical (unpaired) electrons. The first-order chi connectivity index (χ1) is 11.1. The van der Waals surface area contributed by atoms with E-state index in [1.165, 1.54) is 6.26 Å². The number of aryl methyl sites for hydroxylation is 1. The monoisotopic (exact) mass is 328 g/mol. The molecule has 1 aromatic carbocycles. The van der Waals surface area contributed by atoms with Gasteiger partial charge in [-0.1, -0.05) is 11.6 Å². The third kappa shape index (κ3) is 3.67. The minimum absolute atomic E-state index is 0.214. The van der Waals surface area contributed by atoms with Crippen LogP contribution >= 0.6 is 11.6 Å². The van der Waals surface area contributed by atoms with Gasteiger partial charge in [0.25, 0.3) is 5.91 Å². The van der Waals surface area contributed by atoms with Gasteiger partial charge >= 0.3 is 0 Å². The van der Waals surface area contributed by atoms with Gasteiger partial charge in [-0.25, -0.2) is 0 Å². The minimum Gasteiger partial charge on any atom is -0.459 e. The molecule has 0 aliphatic carbocycles. The minimum atomic E-state index is -0.376. The molecule has 6 nitrogen and oxygen atoms in total. The number of nitrogens with zero attached hydrogens (tertiary/aromatic N) is 2. The summed E-state index contributed by atoms with van der Waals surface area (Å²) in [6.07, 6.45) is 1.43. The van der Waals surface area contributed by atoms with Crippen LogP contribution in [-0.4, -0.2) is 16.1 Å². The first-order valence-corrected chi connectivity index (χ1v) is 7.21. The summed E-state index contributed by atoms with van der Waals surface area (Å²) in [5.41, 5.74) is 1.88. The van der Waals surface area contributed by atoms with E-state index in [4.69, 9.17) is 16.0 Å². The Morgan fingerprint density at radius 3 is 2.57 bits per heavy atom. The SMILES string of the molecule is Cc1cc(Cl)ccc1Nc1ccc(NC(=O)c2ccco2)nn1. The standard InChI is InChI=1S/C16H13ClN4O2/c1-10-9-11(17)4-5-12(10)18-14-6-7-15(21-20-14)19-16(22)13-3-2-8-23-13/h2-9H,1H3,(H,18,20)(H,19,21,22). The van der Waals surface area contributed by atoms with Crippen LogP contribution in [0.2, 0.25) is 5.02 Å². The van der Waals surface area contributed by atoms with Crippen LogP contribution in [0.25, 0.3) is 0 Å². The van der Waals surface area contributed by atoms with Crippen LogP contribution in [0.4, 0.5) is 17.3 Å². The van der Waals surface area contributed by atoms with Crippen molar-refractivity contribution < 1.29 is 9.21 Å². The number of halogens is 1. The summed E-state index contributed by atoms with van der Waals surface area (Å²) in [6, 6.07) is 12.1. The summed E-state index contributed by atoms with van der Waals surface area (Å²) >= 11 is 5.93. The Kier molecular flexibility index (Phi) is 4.25. The highest BCUT2D eigenvalue weighted by molar-refractivity contribution is 6.30. The molecule has 3 aromatic rings. The Balaban J connectivity index is 1.68. The average molecular weight is 329 g/mol. The molecule has 1 amide bonds. The quantitative estimate of drug-likeness (QED) is 0.756. The second-order valence-corrected chi connectivity index (χ2v) is 5.26. The lowest BCUT2D eigenvalue weighted by molar-refractivity contribution is 0.0996. The maximum absolute atomic E-state index is 11.8. The number of aromatic nitrogens is 2. The summed E-state index contributed by atoms with van der Waals surface area (Å²) < 4.78 is 5.01. The molecule has 0 bridgehead atoms. The highest BCUT2D eigenvalue weighted by Crippen LogP contribution is 2.22. The highest BCUT2D eigenvalue weighted by Gasteiger charge is 2.10. The van der Waals surface area contributed by atoms with Crippen molar-refractivity contribution >= 4 is 34.8 Å². The van der Waals surface area contributed by atoms with Crippen LogP contribution < -0.4 is 10.6 Å². The Bertz CT molecular complexity index is 817. The van der Waals surface area contributed by atoms with Gasteiger partial charge in [-0.3, -0.25) is 4.79 Å². The first-order valence-electron chi connectivity index (χ1n) is 6.83. The van der Waals surface area contributed by atoms with Crippen LogP contribution in [0.15, 0.2) is 53.1 Å². The maximum Gasteiger partial charge on any atom is 0.292 e. The summed E-state index contributed by atoms with van der Waals surface area (Å²) in [6.45, 7) is 1.94. The normalized spacial score (nSPS) is 10.3. The third-order valence-corrected chi connectivity index (χ3v) is 3.34. The molecule has 0 saturated heterocycles. The zero-order chi connectivity index (χ0) is 16.2. The van der Waals surface area contributed by atoms with Gasteiger partial charge in [0.2, 0.25) is 0 Å². The molecule has 0 aliphatic rings. The van der Waals surface area contributed by atoms with E-state index in [2.05, 4.69) is 20.8 Å². The maximum atomic E-state index is 11.8. The lowest BCUT2D eigenvalue weighted by Gasteiger charge is -2.09. The van der Waals surface area contributed by atoms with Crippen molar-refractivity contribution in [2.24, 2.45) is 0 Å². The summed E-state index contributed by atoms with van der Waals surface area (Å²) in [7, 11) is 0. The zero-order valence-electron chi connectivity index (χ0n) is 12.2. The second-order valence-electron chi connectivity index (χ2n) is 4.82. The van der Waals surface area contributed by atoms with Crippen LogP contribution in [0, 0.1) is 6.92 Å². The number of benzene rings is 1. The van der Waals surface area contributed by atoms with E-state index >= 15 is 0 Å². The third-order valence-electron chi connectivity index (χ3n) is 3.10. The molecule has 2 N–H and O–H groups in total. The Morgan fingerprint density at radius 2 is 1.91 bits per heavy atom. The van der Waals surface area contributed by atoms with Crippen molar-refractivity contribution in [3.63, 3.8) is 0 Å². The van der Waals surface area contributed by atoms with Crippen molar-refractivity contribution in [2.45, 2.75) is 6.92 Å². The smallest absolute Gasteiger partial charge is 0.292 e. The molecule has 0 saturated carbocycles. The van der Waals surface area contributed by atoms with Crippen molar-refractivity contribution in [2.75, 3.05) is 10.6 Å². The lowest BCUT2D eigenvalue weighted by Crippen LogP contribution is -2.12. The molecule has 0 aliphatic heterocycles. The van der Waals surface area contributed by atoms with Crippen molar-refractivity contribution in [3.8, 4) is 0 Å². The van der Waals surface area contributed by atoms with Crippen LogP contribution in [-0.2, 0) is 0 Å². The summed E-state index contributed by atoms with van der Waals surface area (Å²) in [5.74, 6) is 0.737. The van der Waals surface area contributed by atoms with E-state index < -0.39 is 0 Å². The molecular weight excluding hydrogens is 316 g/mol. The lowest BCUT2D eigenvalue weighted by atomic mass is 10.2. The largest absolute Gasteiger partial charge is 0.459 e. The van der Waals surface area contributed by atoms with E-state index in [0.717, 1.165) is 11.3 Å². The molecular formula is C16H13ClN4O2. The van der Waals surface area contributed by atoms with Crippen molar-refractivity contribution in [1.29, 1.82) is 0 Å². The number of anilines is 3. The number of hydrogen-bond acceptors (Lipinski definition) is 5. The molecule has 0 atom stereocenters. The van der Waals surface area contributed by atoms with Crippen LogP contribution in [0.1, 0.15) is 16.1 Å². The van der Waals surface area contributed by atoms with E-state index in [0.29, 0.717) is 16.7 Å². The predicted octanol–water partition coefficient (Wildman–Crippen LogP) is 4.03.